The lowest BCUT2D eigenvalue weighted by atomic mass is 9.66. The van der Waals surface area contributed by atoms with Crippen LogP contribution >= 0.6 is 0 Å². The van der Waals surface area contributed by atoms with Gasteiger partial charge >= 0.3 is 5.97 Å². The van der Waals surface area contributed by atoms with Gasteiger partial charge in [-0.15, -0.1) is 0 Å². The predicted molar refractivity (Wildman–Crippen MR) is 63.3 cm³/mol. The molecule has 1 saturated carbocycles. The molecule has 0 N–H and O–H groups in total. The fraction of sp³-hybridized carbons (Fsp3) is 0.846. The molecule has 2 rings (SSSR count). The second-order valence-corrected chi connectivity index (χ2v) is 5.36. The van der Waals surface area contributed by atoms with Crippen molar-refractivity contribution in [1.29, 1.82) is 0 Å². The quantitative estimate of drug-likeness (QED) is 0.687. The summed E-state index contributed by atoms with van der Waals surface area (Å²) in [6.07, 6.45) is 3.97. The first-order valence-corrected chi connectivity index (χ1v) is 6.50. The third-order valence-electron chi connectivity index (χ3n) is 4.07. The monoisotopic (exact) mass is 239 g/mol. The summed E-state index contributed by atoms with van der Waals surface area (Å²) in [6, 6.07) is 0. The van der Waals surface area contributed by atoms with Gasteiger partial charge in [0.1, 0.15) is 0 Å². The molecule has 0 aromatic carbocycles. The fourth-order valence-electron chi connectivity index (χ4n) is 3.30. The van der Waals surface area contributed by atoms with E-state index in [0.717, 1.165) is 32.2 Å². The molecule has 0 aromatic rings. The molecular weight excluding hydrogens is 218 g/mol. The van der Waals surface area contributed by atoms with Crippen molar-refractivity contribution in [3.63, 3.8) is 0 Å². The smallest absolute Gasteiger partial charge is 0.313 e. The van der Waals surface area contributed by atoms with E-state index in [1.165, 1.54) is 0 Å². The van der Waals surface area contributed by atoms with Crippen LogP contribution in [0.2, 0.25) is 0 Å². The number of piperidine rings is 1. The van der Waals surface area contributed by atoms with Crippen molar-refractivity contribution < 1.29 is 14.3 Å². The molecule has 0 aromatic heterocycles. The van der Waals surface area contributed by atoms with Gasteiger partial charge in [-0.25, -0.2) is 0 Å². The maximum Gasteiger partial charge on any atom is 0.313 e. The highest BCUT2D eigenvalue weighted by atomic mass is 16.5. The average molecular weight is 239 g/mol. The van der Waals surface area contributed by atoms with Crippen LogP contribution in [0.1, 0.15) is 39.5 Å². The van der Waals surface area contributed by atoms with Gasteiger partial charge in [0.05, 0.1) is 12.0 Å². The van der Waals surface area contributed by atoms with Crippen LogP contribution in [-0.2, 0) is 14.3 Å². The standard InChI is InChI=1S/C13H21NO3/c1-3-17-12(16)13-6-4-5-11(7-13)8-14(9-13)10(2)15/h11H,3-9H2,1-2H3. The van der Waals surface area contributed by atoms with Gasteiger partial charge < -0.3 is 9.64 Å². The first kappa shape index (κ1) is 12.4. The van der Waals surface area contributed by atoms with E-state index in [9.17, 15) is 9.59 Å². The maximum absolute atomic E-state index is 12.1. The minimum absolute atomic E-state index is 0.0743. The molecule has 1 heterocycles. The van der Waals surface area contributed by atoms with Crippen LogP contribution in [-0.4, -0.2) is 36.5 Å². The Bertz CT molecular complexity index is 329. The molecule has 2 unspecified atom stereocenters. The van der Waals surface area contributed by atoms with E-state index >= 15 is 0 Å². The van der Waals surface area contributed by atoms with E-state index < -0.39 is 5.41 Å². The molecule has 2 atom stereocenters. The van der Waals surface area contributed by atoms with Crippen molar-refractivity contribution >= 4 is 11.9 Å². The zero-order valence-corrected chi connectivity index (χ0v) is 10.7. The van der Waals surface area contributed by atoms with Gasteiger partial charge in [-0.05, 0) is 32.1 Å². The van der Waals surface area contributed by atoms with Crippen molar-refractivity contribution in [3.05, 3.63) is 0 Å². The highest BCUT2D eigenvalue weighted by molar-refractivity contribution is 5.80. The second kappa shape index (κ2) is 4.67. The molecule has 0 spiro atoms. The molecule has 2 aliphatic rings. The number of hydrogen-bond donors (Lipinski definition) is 0. The van der Waals surface area contributed by atoms with Gasteiger partial charge in [0, 0.05) is 20.0 Å². The van der Waals surface area contributed by atoms with Crippen LogP contribution in [0.25, 0.3) is 0 Å². The van der Waals surface area contributed by atoms with E-state index in [2.05, 4.69) is 0 Å². The summed E-state index contributed by atoms with van der Waals surface area (Å²) in [6.45, 7) is 5.21. The lowest BCUT2D eigenvalue weighted by Gasteiger charge is -2.47. The number of hydrogen-bond acceptors (Lipinski definition) is 3. The lowest BCUT2D eigenvalue weighted by Crippen LogP contribution is -2.54. The molecule has 17 heavy (non-hydrogen) atoms. The van der Waals surface area contributed by atoms with Crippen LogP contribution in [0, 0.1) is 11.3 Å². The maximum atomic E-state index is 12.1. The molecule has 1 saturated heterocycles. The third kappa shape index (κ3) is 2.31. The second-order valence-electron chi connectivity index (χ2n) is 5.36. The first-order valence-electron chi connectivity index (χ1n) is 6.50. The molecule has 0 radical (unpaired) electrons. The van der Waals surface area contributed by atoms with Gasteiger partial charge in [-0.1, -0.05) is 6.42 Å². The van der Waals surface area contributed by atoms with Gasteiger partial charge in [-0.3, -0.25) is 9.59 Å². The zero-order chi connectivity index (χ0) is 12.5. The topological polar surface area (TPSA) is 46.6 Å². The average Bonchev–Trinajstić information content (AvgIpc) is 2.28. The van der Waals surface area contributed by atoms with Crippen molar-refractivity contribution in [2.75, 3.05) is 19.7 Å². The van der Waals surface area contributed by atoms with Crippen LogP contribution in [0.15, 0.2) is 0 Å². The molecule has 4 heteroatoms. The summed E-state index contributed by atoms with van der Waals surface area (Å²) in [5, 5.41) is 0. The summed E-state index contributed by atoms with van der Waals surface area (Å²) >= 11 is 0. The number of amides is 1. The molecule has 96 valence electrons. The summed E-state index contributed by atoms with van der Waals surface area (Å²) in [5.41, 5.74) is -0.414. The minimum Gasteiger partial charge on any atom is -0.466 e. The Kier molecular flexibility index (Phi) is 3.40. The Hall–Kier alpha value is -1.06. The molecule has 1 aliphatic carbocycles. The fourth-order valence-corrected chi connectivity index (χ4v) is 3.30. The number of likely N-dealkylation sites (tertiary alicyclic amines) is 1. The van der Waals surface area contributed by atoms with E-state index in [1.807, 2.05) is 11.8 Å². The number of nitrogens with zero attached hydrogens (tertiary/aromatic N) is 1. The summed E-state index contributed by atoms with van der Waals surface area (Å²) in [7, 11) is 0. The van der Waals surface area contributed by atoms with Crippen LogP contribution in [0.5, 0.6) is 0 Å². The first-order chi connectivity index (χ1) is 8.07. The number of ether oxygens (including phenoxy) is 1. The van der Waals surface area contributed by atoms with Crippen LogP contribution in [0.3, 0.4) is 0 Å². The Balaban J connectivity index is 2.18. The summed E-state index contributed by atoms with van der Waals surface area (Å²) in [5.74, 6) is 0.451. The molecule has 1 aliphatic heterocycles. The Morgan fingerprint density at radius 2 is 2.24 bits per heavy atom. The molecular formula is C13H21NO3. The Morgan fingerprint density at radius 1 is 1.47 bits per heavy atom. The number of esters is 1. The SMILES string of the molecule is CCOC(=O)C12CCCC(CN(C(C)=O)C1)C2. The van der Waals surface area contributed by atoms with Crippen molar-refractivity contribution in [2.24, 2.45) is 11.3 Å². The molecule has 2 fully saturated rings. The van der Waals surface area contributed by atoms with Crippen LogP contribution < -0.4 is 0 Å². The van der Waals surface area contributed by atoms with Crippen LogP contribution in [0.4, 0.5) is 0 Å². The Labute approximate surface area is 102 Å². The summed E-state index contributed by atoms with van der Waals surface area (Å²) in [4.78, 5) is 25.5. The summed E-state index contributed by atoms with van der Waals surface area (Å²) < 4.78 is 5.21. The van der Waals surface area contributed by atoms with E-state index in [1.54, 1.807) is 6.92 Å². The number of fused-ring (bicyclic) bond motifs is 2. The van der Waals surface area contributed by atoms with Gasteiger partial charge in [0.2, 0.25) is 5.91 Å². The van der Waals surface area contributed by atoms with Crippen molar-refractivity contribution in [3.8, 4) is 0 Å². The van der Waals surface area contributed by atoms with Crippen molar-refractivity contribution in [1.82, 2.24) is 4.90 Å². The van der Waals surface area contributed by atoms with E-state index in [0.29, 0.717) is 19.1 Å². The third-order valence-corrected chi connectivity index (χ3v) is 4.07. The van der Waals surface area contributed by atoms with Gasteiger partial charge in [0.25, 0.3) is 0 Å². The van der Waals surface area contributed by atoms with E-state index in [-0.39, 0.29) is 11.9 Å². The number of carbonyl (C=O) groups is 2. The van der Waals surface area contributed by atoms with E-state index in [4.69, 9.17) is 4.74 Å². The van der Waals surface area contributed by atoms with Gasteiger partial charge in [0.15, 0.2) is 0 Å². The normalized spacial score (nSPS) is 32.1. The predicted octanol–water partition coefficient (Wildman–Crippen LogP) is 1.59. The van der Waals surface area contributed by atoms with Crippen molar-refractivity contribution in [2.45, 2.75) is 39.5 Å². The van der Waals surface area contributed by atoms with Gasteiger partial charge in [-0.2, -0.15) is 0 Å². The molecule has 4 nitrogen and oxygen atoms in total. The molecule has 2 bridgehead atoms. The minimum atomic E-state index is -0.414. The Morgan fingerprint density at radius 3 is 2.88 bits per heavy atom. The highest BCUT2D eigenvalue weighted by Crippen LogP contribution is 2.44. The number of carbonyl (C=O) groups excluding carboxylic acids is 2. The zero-order valence-electron chi connectivity index (χ0n) is 10.7. The largest absolute Gasteiger partial charge is 0.466 e. The highest BCUT2D eigenvalue weighted by Gasteiger charge is 2.49. The number of rotatable bonds is 2. The lowest BCUT2D eigenvalue weighted by molar-refractivity contribution is -0.165. The molecule has 1 amide bonds.